The Morgan fingerprint density at radius 2 is 1.88 bits per heavy atom. The van der Waals surface area contributed by atoms with Crippen molar-refractivity contribution >= 4 is 28.7 Å². The summed E-state index contributed by atoms with van der Waals surface area (Å²) in [7, 11) is 0. The van der Waals surface area contributed by atoms with Gasteiger partial charge in [0.25, 0.3) is 5.91 Å². The quantitative estimate of drug-likeness (QED) is 0.714. The molecule has 0 saturated heterocycles. The molecule has 5 nitrogen and oxygen atoms in total. The Balaban J connectivity index is 1.88. The number of benzene rings is 1. The highest BCUT2D eigenvalue weighted by Gasteiger charge is 2.21. The number of Topliss-reactive ketones (excluding diaryl/α,β-unsaturated/α-hetero) is 1. The van der Waals surface area contributed by atoms with Crippen molar-refractivity contribution in [1.29, 1.82) is 0 Å². The van der Waals surface area contributed by atoms with Crippen LogP contribution in [0, 0.1) is 0 Å². The molecule has 3 rings (SSSR count). The molecule has 25 heavy (non-hydrogen) atoms. The third kappa shape index (κ3) is 4.08. The van der Waals surface area contributed by atoms with Crippen LogP contribution in [0.2, 0.25) is 0 Å². The lowest BCUT2D eigenvalue weighted by atomic mass is 9.92. The second-order valence-electron chi connectivity index (χ2n) is 6.49. The minimum Gasteiger partial charge on any atom is -0.393 e. The predicted octanol–water partition coefficient (Wildman–Crippen LogP) is 3.43. The van der Waals surface area contributed by atoms with E-state index in [1.165, 1.54) is 11.3 Å². The van der Waals surface area contributed by atoms with Crippen LogP contribution >= 0.6 is 11.3 Å². The molecule has 132 valence electrons. The van der Waals surface area contributed by atoms with Crippen molar-refractivity contribution in [3.05, 3.63) is 40.8 Å². The van der Waals surface area contributed by atoms with Crippen LogP contribution in [-0.2, 0) is 0 Å². The van der Waals surface area contributed by atoms with Crippen molar-refractivity contribution in [3.63, 3.8) is 0 Å². The number of carbonyl (C=O) groups excluding carboxylic acids is 2. The fourth-order valence-electron chi connectivity index (χ4n) is 3.15. The molecule has 4 N–H and O–H groups in total. The number of aliphatic hydroxyl groups excluding tert-OH is 1. The third-order valence-electron chi connectivity index (χ3n) is 4.58. The molecule has 1 amide bonds. The number of ketones is 1. The Bertz CT molecular complexity index is 792. The minimum absolute atomic E-state index is 0.0455. The highest BCUT2D eigenvalue weighted by molar-refractivity contribution is 7.17. The molecule has 6 heteroatoms. The molecule has 1 aromatic carbocycles. The van der Waals surface area contributed by atoms with E-state index in [2.05, 4.69) is 5.32 Å². The number of anilines is 1. The smallest absolute Gasteiger partial charge is 0.250 e. The van der Waals surface area contributed by atoms with E-state index >= 15 is 0 Å². The van der Waals surface area contributed by atoms with Gasteiger partial charge in [-0.3, -0.25) is 9.59 Å². The van der Waals surface area contributed by atoms with Crippen molar-refractivity contribution in [2.45, 2.75) is 44.8 Å². The zero-order chi connectivity index (χ0) is 18.0. The molecule has 0 radical (unpaired) electrons. The van der Waals surface area contributed by atoms with Gasteiger partial charge in [-0.2, -0.15) is 0 Å². The fraction of sp³-hybridized carbons (Fsp3) is 0.368. The zero-order valence-corrected chi connectivity index (χ0v) is 14.9. The van der Waals surface area contributed by atoms with Gasteiger partial charge in [-0.25, -0.2) is 0 Å². The van der Waals surface area contributed by atoms with Crippen molar-refractivity contribution in [3.8, 4) is 10.4 Å². The Morgan fingerprint density at radius 3 is 2.48 bits per heavy atom. The van der Waals surface area contributed by atoms with E-state index < -0.39 is 5.91 Å². The average molecular weight is 358 g/mol. The number of nitrogens with two attached hydrogens (primary N) is 1. The van der Waals surface area contributed by atoms with Crippen LogP contribution < -0.4 is 11.1 Å². The van der Waals surface area contributed by atoms with Crippen LogP contribution in [-0.4, -0.2) is 28.9 Å². The Hall–Kier alpha value is -2.18. The largest absolute Gasteiger partial charge is 0.393 e. The normalized spacial score (nSPS) is 20.2. The molecule has 1 aromatic heterocycles. The maximum absolute atomic E-state index is 11.8. The van der Waals surface area contributed by atoms with Gasteiger partial charge in [0.15, 0.2) is 5.78 Å². The van der Waals surface area contributed by atoms with E-state index in [4.69, 9.17) is 5.73 Å². The van der Waals surface area contributed by atoms with Crippen LogP contribution in [0.5, 0.6) is 0 Å². The van der Waals surface area contributed by atoms with Crippen LogP contribution in [0.25, 0.3) is 10.4 Å². The summed E-state index contributed by atoms with van der Waals surface area (Å²) < 4.78 is 0. The summed E-state index contributed by atoms with van der Waals surface area (Å²) in [5.41, 5.74) is 7.63. The molecule has 0 spiro atoms. The second-order valence-corrected chi connectivity index (χ2v) is 7.58. The lowest BCUT2D eigenvalue weighted by Crippen LogP contribution is -2.29. The molecular weight excluding hydrogens is 336 g/mol. The molecule has 1 heterocycles. The SMILES string of the molecule is CC(=O)c1ccc(-c2ccc(C(N)=O)c(NC3CCC(O)CC3)c2)s1. The van der Waals surface area contributed by atoms with Crippen molar-refractivity contribution < 1.29 is 14.7 Å². The average Bonchev–Trinajstić information content (AvgIpc) is 3.07. The summed E-state index contributed by atoms with van der Waals surface area (Å²) >= 11 is 1.44. The van der Waals surface area contributed by atoms with Gasteiger partial charge in [0.1, 0.15) is 0 Å². The molecule has 0 aliphatic heterocycles. The number of hydrogen-bond acceptors (Lipinski definition) is 5. The molecular formula is C19H22N2O3S. The maximum atomic E-state index is 11.8. The minimum atomic E-state index is -0.472. The van der Waals surface area contributed by atoms with E-state index in [0.29, 0.717) is 16.1 Å². The van der Waals surface area contributed by atoms with E-state index in [1.54, 1.807) is 13.0 Å². The first-order chi connectivity index (χ1) is 11.9. The van der Waals surface area contributed by atoms with Crippen LogP contribution in [0.4, 0.5) is 5.69 Å². The summed E-state index contributed by atoms with van der Waals surface area (Å²) in [5.74, 6) is -0.426. The molecule has 2 aromatic rings. The van der Waals surface area contributed by atoms with Crippen molar-refractivity contribution in [2.24, 2.45) is 5.73 Å². The fourth-order valence-corrected chi connectivity index (χ4v) is 4.05. The van der Waals surface area contributed by atoms with Crippen molar-refractivity contribution in [2.75, 3.05) is 5.32 Å². The Morgan fingerprint density at radius 1 is 1.16 bits per heavy atom. The van der Waals surface area contributed by atoms with Gasteiger partial charge in [0.2, 0.25) is 0 Å². The van der Waals surface area contributed by atoms with Crippen LogP contribution in [0.1, 0.15) is 52.6 Å². The lowest BCUT2D eigenvalue weighted by Gasteiger charge is -2.27. The van der Waals surface area contributed by atoms with Gasteiger partial charge < -0.3 is 16.2 Å². The second kappa shape index (κ2) is 7.37. The number of rotatable bonds is 5. The van der Waals surface area contributed by atoms with Gasteiger partial charge in [-0.05, 0) is 62.4 Å². The van der Waals surface area contributed by atoms with Crippen LogP contribution in [0.3, 0.4) is 0 Å². The number of amides is 1. The highest BCUT2D eigenvalue weighted by Crippen LogP contribution is 2.32. The zero-order valence-electron chi connectivity index (χ0n) is 14.1. The van der Waals surface area contributed by atoms with Gasteiger partial charge in [0, 0.05) is 16.6 Å². The highest BCUT2D eigenvalue weighted by atomic mass is 32.1. The number of primary amides is 1. The van der Waals surface area contributed by atoms with Gasteiger partial charge in [0.05, 0.1) is 16.5 Å². The number of aliphatic hydroxyl groups is 1. The summed E-state index contributed by atoms with van der Waals surface area (Å²) in [6, 6.07) is 9.45. The molecule has 1 aliphatic rings. The third-order valence-corrected chi connectivity index (χ3v) is 5.81. The first-order valence-corrected chi connectivity index (χ1v) is 9.25. The van der Waals surface area contributed by atoms with E-state index in [0.717, 1.165) is 36.1 Å². The molecule has 1 saturated carbocycles. The first kappa shape index (κ1) is 17.6. The van der Waals surface area contributed by atoms with Crippen molar-refractivity contribution in [1.82, 2.24) is 0 Å². The number of hydrogen-bond donors (Lipinski definition) is 3. The van der Waals surface area contributed by atoms with Crippen LogP contribution in [0.15, 0.2) is 30.3 Å². The topological polar surface area (TPSA) is 92.4 Å². The number of thiophene rings is 1. The van der Waals surface area contributed by atoms with E-state index in [9.17, 15) is 14.7 Å². The molecule has 0 bridgehead atoms. The lowest BCUT2D eigenvalue weighted by molar-refractivity contribution is 0.0997. The first-order valence-electron chi connectivity index (χ1n) is 8.43. The Kier molecular flexibility index (Phi) is 5.20. The summed E-state index contributed by atoms with van der Waals surface area (Å²) in [5, 5.41) is 13.1. The maximum Gasteiger partial charge on any atom is 0.250 e. The summed E-state index contributed by atoms with van der Waals surface area (Å²) in [6.45, 7) is 1.55. The molecule has 1 aliphatic carbocycles. The number of carbonyl (C=O) groups is 2. The predicted molar refractivity (Wildman–Crippen MR) is 100 cm³/mol. The monoisotopic (exact) mass is 358 g/mol. The van der Waals surface area contributed by atoms with Gasteiger partial charge in [-0.15, -0.1) is 11.3 Å². The molecule has 0 atom stereocenters. The standard InChI is InChI=1S/C19H22N2O3S/c1-11(22)17-8-9-18(25-17)12-2-7-15(19(20)24)16(10-12)21-13-3-5-14(23)6-4-13/h2,7-10,13-14,21,23H,3-6H2,1H3,(H2,20,24). The van der Waals surface area contributed by atoms with Gasteiger partial charge >= 0.3 is 0 Å². The summed E-state index contributed by atoms with van der Waals surface area (Å²) in [4.78, 5) is 25.0. The Labute approximate surface area is 150 Å². The van der Waals surface area contributed by atoms with E-state index in [-0.39, 0.29) is 17.9 Å². The summed E-state index contributed by atoms with van der Waals surface area (Å²) in [6.07, 6.45) is 3.01. The molecule has 1 fully saturated rings. The molecule has 0 unspecified atom stereocenters. The van der Waals surface area contributed by atoms with Gasteiger partial charge in [-0.1, -0.05) is 6.07 Å². The van der Waals surface area contributed by atoms with E-state index in [1.807, 2.05) is 24.3 Å². The number of nitrogens with one attached hydrogen (secondary N) is 1.